The first-order valence-electron chi connectivity index (χ1n) is 14.1. The van der Waals surface area contributed by atoms with Gasteiger partial charge in [0.15, 0.2) is 0 Å². The van der Waals surface area contributed by atoms with E-state index in [0.717, 1.165) is 36.0 Å². The van der Waals surface area contributed by atoms with E-state index in [9.17, 15) is 5.11 Å². The van der Waals surface area contributed by atoms with Crippen LogP contribution in [0.5, 0.6) is 0 Å². The Morgan fingerprint density at radius 2 is 1.42 bits per heavy atom. The molecule has 0 saturated heterocycles. The second-order valence-corrected chi connectivity index (χ2v) is 14.8. The third-order valence-corrected chi connectivity index (χ3v) is 13.3. The van der Waals surface area contributed by atoms with E-state index >= 15 is 0 Å². The lowest BCUT2D eigenvalue weighted by atomic mass is 9.41. The van der Waals surface area contributed by atoms with Crippen LogP contribution < -0.4 is 0 Å². The molecule has 5 rings (SSSR count). The fourth-order valence-corrected chi connectivity index (χ4v) is 11.3. The Hall–Kier alpha value is -0.0400. The molecule has 31 heavy (non-hydrogen) atoms. The molecule has 5 aliphatic rings. The molecule has 0 heterocycles. The minimum atomic E-state index is -0.0793. The summed E-state index contributed by atoms with van der Waals surface area (Å²) in [7, 11) is 0. The highest BCUT2D eigenvalue weighted by Gasteiger charge is 2.82. The minimum absolute atomic E-state index is 0.0793. The summed E-state index contributed by atoms with van der Waals surface area (Å²) in [4.78, 5) is 0. The molecule has 1 N–H and O–H groups in total. The zero-order valence-electron chi connectivity index (χ0n) is 21.9. The van der Waals surface area contributed by atoms with Crippen LogP contribution in [0.15, 0.2) is 0 Å². The van der Waals surface area contributed by atoms with Gasteiger partial charge in [-0.3, -0.25) is 0 Å². The van der Waals surface area contributed by atoms with Gasteiger partial charge in [-0.2, -0.15) is 0 Å². The van der Waals surface area contributed by atoms with Crippen molar-refractivity contribution in [3.8, 4) is 0 Å². The molecule has 1 nitrogen and oxygen atoms in total. The molecule has 178 valence electrons. The Balaban J connectivity index is 1.39. The highest BCUT2D eigenvalue weighted by molar-refractivity contribution is 5.30. The van der Waals surface area contributed by atoms with E-state index in [4.69, 9.17) is 0 Å². The third-order valence-electron chi connectivity index (χ3n) is 13.3. The van der Waals surface area contributed by atoms with Gasteiger partial charge in [-0.1, -0.05) is 67.7 Å². The third kappa shape index (κ3) is 2.77. The van der Waals surface area contributed by atoms with E-state index in [0.29, 0.717) is 21.7 Å². The average molecular weight is 429 g/mol. The van der Waals surface area contributed by atoms with E-state index in [1.54, 1.807) is 0 Å². The lowest BCUT2D eigenvalue weighted by Gasteiger charge is -2.63. The molecule has 5 fully saturated rings. The van der Waals surface area contributed by atoms with Gasteiger partial charge >= 0.3 is 0 Å². The van der Waals surface area contributed by atoms with E-state index in [2.05, 4.69) is 48.5 Å². The molecule has 0 aromatic carbocycles. The number of fused-ring (bicyclic) bond motifs is 2. The number of rotatable bonds is 5. The van der Waals surface area contributed by atoms with Crippen LogP contribution >= 0.6 is 0 Å². The van der Waals surface area contributed by atoms with Crippen LogP contribution in [0.2, 0.25) is 0 Å². The van der Waals surface area contributed by atoms with Gasteiger partial charge in [0, 0.05) is 0 Å². The van der Waals surface area contributed by atoms with Gasteiger partial charge in [-0.25, -0.2) is 0 Å². The Morgan fingerprint density at radius 3 is 2.13 bits per heavy atom. The van der Waals surface area contributed by atoms with Gasteiger partial charge in [0.1, 0.15) is 0 Å². The first kappa shape index (κ1) is 22.7. The van der Waals surface area contributed by atoms with E-state index < -0.39 is 0 Å². The summed E-state index contributed by atoms with van der Waals surface area (Å²) in [6, 6.07) is 0. The summed E-state index contributed by atoms with van der Waals surface area (Å²) in [6.45, 7) is 17.7. The molecule has 9 atom stereocenters. The van der Waals surface area contributed by atoms with Gasteiger partial charge in [-0.05, 0) is 114 Å². The predicted octanol–water partition coefficient (Wildman–Crippen LogP) is 8.25. The minimum Gasteiger partial charge on any atom is -0.393 e. The topological polar surface area (TPSA) is 20.2 Å². The number of hydrogen-bond acceptors (Lipinski definition) is 1. The lowest BCUT2D eigenvalue weighted by molar-refractivity contribution is -0.161. The molecule has 0 radical (unpaired) electrons. The quantitative estimate of drug-likeness (QED) is 0.467. The van der Waals surface area contributed by atoms with E-state index in [1.807, 2.05) is 0 Å². The number of hydrogen-bond donors (Lipinski definition) is 1. The van der Waals surface area contributed by atoms with Crippen LogP contribution in [0, 0.1) is 56.7 Å². The van der Waals surface area contributed by atoms with Crippen molar-refractivity contribution in [1.82, 2.24) is 0 Å². The Bertz CT molecular complexity index is 709. The largest absolute Gasteiger partial charge is 0.393 e. The molecule has 0 aliphatic heterocycles. The first-order chi connectivity index (χ1) is 14.4. The van der Waals surface area contributed by atoms with Crippen molar-refractivity contribution in [1.29, 1.82) is 0 Å². The fourth-order valence-electron chi connectivity index (χ4n) is 11.3. The van der Waals surface area contributed by atoms with Crippen molar-refractivity contribution in [2.24, 2.45) is 56.7 Å². The molecule has 0 bridgehead atoms. The normalized spacial score (nSPS) is 53.3. The first-order valence-corrected chi connectivity index (χ1v) is 14.1. The zero-order valence-corrected chi connectivity index (χ0v) is 21.9. The Morgan fingerprint density at radius 1 is 0.742 bits per heavy atom. The van der Waals surface area contributed by atoms with Crippen molar-refractivity contribution in [2.45, 2.75) is 132 Å². The van der Waals surface area contributed by atoms with Crippen molar-refractivity contribution < 1.29 is 5.11 Å². The second-order valence-electron chi connectivity index (χ2n) is 14.8. The molecule has 0 amide bonds. The highest BCUT2D eigenvalue weighted by Crippen LogP contribution is 2.89. The smallest absolute Gasteiger partial charge is 0.0594 e. The summed E-state index contributed by atoms with van der Waals surface area (Å²) in [6.07, 6.45) is 16.9. The van der Waals surface area contributed by atoms with Crippen molar-refractivity contribution in [3.05, 3.63) is 0 Å². The molecular formula is C30H52O. The van der Waals surface area contributed by atoms with Crippen LogP contribution in [0.3, 0.4) is 0 Å². The summed E-state index contributed by atoms with van der Waals surface area (Å²) in [5, 5.41) is 10.8. The molecule has 5 aliphatic carbocycles. The van der Waals surface area contributed by atoms with Crippen molar-refractivity contribution in [3.63, 3.8) is 0 Å². The number of aliphatic hydroxyl groups excluding tert-OH is 1. The SMILES string of the molecule is CC(C)CCC[C@@H](C)C1CC[C@@]2(C)[C@@H]3CC[C@H]4C(C)(C)[C@@H](O)CC[C@@]45CC35CC[C@]12C. The Labute approximate surface area is 193 Å². The summed E-state index contributed by atoms with van der Waals surface area (Å²) in [5.74, 6) is 4.41. The van der Waals surface area contributed by atoms with E-state index in [1.165, 1.54) is 70.6 Å². The van der Waals surface area contributed by atoms with Gasteiger partial charge in [0.2, 0.25) is 0 Å². The number of aliphatic hydroxyl groups is 1. The summed E-state index contributed by atoms with van der Waals surface area (Å²) in [5.41, 5.74) is 2.45. The van der Waals surface area contributed by atoms with Crippen LogP contribution in [-0.2, 0) is 0 Å². The molecule has 1 heteroatoms. The maximum absolute atomic E-state index is 10.8. The second kappa shape index (κ2) is 6.99. The predicted molar refractivity (Wildman–Crippen MR) is 131 cm³/mol. The molecular weight excluding hydrogens is 376 g/mol. The van der Waals surface area contributed by atoms with Crippen LogP contribution in [0.1, 0.15) is 126 Å². The molecule has 0 aromatic rings. The maximum atomic E-state index is 10.8. The van der Waals surface area contributed by atoms with Crippen molar-refractivity contribution >= 4 is 0 Å². The lowest BCUT2D eigenvalue weighted by Crippen LogP contribution is -2.57. The standard InChI is InChI=1S/C30H52O/c1-20(2)9-8-10-21(3)22-13-15-28(7)24-12-11-23-26(4,5)25(31)14-16-29(23)19-30(24,29)18-17-27(22,28)6/h20-25,31H,8-19H2,1-7H3/t21-,22?,23+,24+,25+,27-,28+,29-,30?/m1/s1. The van der Waals surface area contributed by atoms with Crippen molar-refractivity contribution in [2.75, 3.05) is 0 Å². The molecule has 5 saturated carbocycles. The molecule has 2 spiro atoms. The van der Waals surface area contributed by atoms with Gasteiger partial charge in [-0.15, -0.1) is 0 Å². The Kier molecular flexibility index (Phi) is 5.13. The van der Waals surface area contributed by atoms with Crippen LogP contribution in [-0.4, -0.2) is 11.2 Å². The summed E-state index contributed by atoms with van der Waals surface area (Å²) >= 11 is 0. The van der Waals surface area contributed by atoms with Gasteiger partial charge in [0.25, 0.3) is 0 Å². The molecule has 2 unspecified atom stereocenters. The fraction of sp³-hybridized carbons (Fsp3) is 1.00. The summed E-state index contributed by atoms with van der Waals surface area (Å²) < 4.78 is 0. The maximum Gasteiger partial charge on any atom is 0.0594 e. The van der Waals surface area contributed by atoms with Crippen LogP contribution in [0.25, 0.3) is 0 Å². The van der Waals surface area contributed by atoms with Gasteiger partial charge < -0.3 is 5.11 Å². The van der Waals surface area contributed by atoms with Crippen LogP contribution in [0.4, 0.5) is 0 Å². The van der Waals surface area contributed by atoms with E-state index in [-0.39, 0.29) is 11.5 Å². The monoisotopic (exact) mass is 428 g/mol. The zero-order chi connectivity index (χ0) is 22.4. The highest BCUT2D eigenvalue weighted by atomic mass is 16.3. The molecule has 0 aromatic heterocycles. The average Bonchev–Trinajstić information content (AvgIpc) is 3.27. The van der Waals surface area contributed by atoms with Gasteiger partial charge in [0.05, 0.1) is 6.10 Å².